The largest absolute Gasteiger partial charge is 0.464 e. The van der Waals surface area contributed by atoms with Crippen LogP contribution in [0.25, 0.3) is 33.6 Å². The molecule has 0 radical (unpaired) electrons. The molecular formula is C18H13N5O2. The molecule has 2 N–H and O–H groups in total. The van der Waals surface area contributed by atoms with Crippen molar-refractivity contribution < 1.29 is 8.83 Å². The van der Waals surface area contributed by atoms with E-state index in [-0.39, 0.29) is 5.95 Å². The van der Waals surface area contributed by atoms with Gasteiger partial charge < -0.3 is 19.1 Å². The van der Waals surface area contributed by atoms with Crippen LogP contribution >= 0.6 is 0 Å². The molecular weight excluding hydrogens is 318 g/mol. The monoisotopic (exact) mass is 331 g/mol. The molecule has 0 saturated carbocycles. The summed E-state index contributed by atoms with van der Waals surface area (Å²) in [6.07, 6.45) is 5.02. The molecule has 0 unspecified atom stereocenters. The fourth-order valence-electron chi connectivity index (χ4n) is 2.97. The van der Waals surface area contributed by atoms with Crippen molar-refractivity contribution in [3.8, 4) is 11.5 Å². The summed E-state index contributed by atoms with van der Waals surface area (Å²) in [6, 6.07) is 11.6. The van der Waals surface area contributed by atoms with Crippen LogP contribution in [0.5, 0.6) is 0 Å². The molecule has 4 heterocycles. The van der Waals surface area contributed by atoms with E-state index in [1.54, 1.807) is 24.9 Å². The van der Waals surface area contributed by atoms with Crippen molar-refractivity contribution in [2.75, 3.05) is 5.73 Å². The maximum atomic E-state index is 5.90. The highest BCUT2D eigenvalue weighted by Gasteiger charge is 2.16. The molecule has 0 aliphatic heterocycles. The number of nitrogens with two attached hydrogens (primary N) is 1. The number of aromatic nitrogens is 4. The Bertz CT molecular complexity index is 1190. The zero-order valence-electron chi connectivity index (χ0n) is 13.1. The average Bonchev–Trinajstić information content (AvgIpc) is 3.35. The van der Waals surface area contributed by atoms with E-state index in [9.17, 15) is 0 Å². The van der Waals surface area contributed by atoms with Gasteiger partial charge in [-0.15, -0.1) is 0 Å². The van der Waals surface area contributed by atoms with Gasteiger partial charge in [0.05, 0.1) is 25.4 Å². The molecule has 0 saturated heterocycles. The fraction of sp³-hybridized carbons (Fsp3) is 0.0556. The molecule has 7 heteroatoms. The number of hydrogen-bond acceptors (Lipinski definition) is 6. The topological polar surface area (TPSA) is 95.9 Å². The van der Waals surface area contributed by atoms with Crippen molar-refractivity contribution in [1.82, 2.24) is 19.5 Å². The van der Waals surface area contributed by atoms with E-state index >= 15 is 0 Å². The number of hydrogen-bond donors (Lipinski definition) is 1. The third-order valence-corrected chi connectivity index (χ3v) is 4.11. The summed E-state index contributed by atoms with van der Waals surface area (Å²) in [7, 11) is 0. The summed E-state index contributed by atoms with van der Waals surface area (Å²) in [5.41, 5.74) is 9.80. The van der Waals surface area contributed by atoms with Gasteiger partial charge in [0.1, 0.15) is 16.8 Å². The molecule has 1 aromatic carbocycles. The number of nitrogen functional groups attached to an aromatic ring is 1. The molecule has 25 heavy (non-hydrogen) atoms. The predicted molar refractivity (Wildman–Crippen MR) is 92.8 cm³/mol. The van der Waals surface area contributed by atoms with Crippen LogP contribution in [0.1, 0.15) is 5.56 Å². The van der Waals surface area contributed by atoms with Gasteiger partial charge in [0.2, 0.25) is 5.95 Å². The summed E-state index contributed by atoms with van der Waals surface area (Å²) in [6.45, 7) is 0.617. The Balaban J connectivity index is 1.62. The Hall–Kier alpha value is -3.61. The minimum absolute atomic E-state index is 0.186. The van der Waals surface area contributed by atoms with Crippen LogP contribution in [-0.2, 0) is 6.54 Å². The van der Waals surface area contributed by atoms with Crippen LogP contribution < -0.4 is 5.73 Å². The molecule has 0 spiro atoms. The second-order valence-corrected chi connectivity index (χ2v) is 5.75. The molecule has 0 fully saturated rings. The van der Waals surface area contributed by atoms with Crippen LogP contribution in [0.3, 0.4) is 0 Å². The van der Waals surface area contributed by atoms with Crippen molar-refractivity contribution in [3.05, 3.63) is 60.8 Å². The summed E-state index contributed by atoms with van der Waals surface area (Å²) >= 11 is 0. The lowest BCUT2D eigenvalue weighted by atomic mass is 10.1. The second kappa shape index (κ2) is 5.20. The van der Waals surface area contributed by atoms with Gasteiger partial charge in [-0.05, 0) is 35.9 Å². The first-order chi connectivity index (χ1) is 12.3. The predicted octanol–water partition coefficient (Wildman–Crippen LogP) is 3.46. The highest BCUT2D eigenvalue weighted by Crippen LogP contribution is 2.26. The standard InChI is InChI=1S/C18H13N5O2/c19-18-21-15(14-2-1-6-24-14)16-17(22-18)23(10-20-16)9-11-3-4-13-12(8-11)5-7-25-13/h1-8,10H,9H2,(H2,19,21,22). The van der Waals surface area contributed by atoms with Crippen LogP contribution in [0.15, 0.2) is 64.1 Å². The summed E-state index contributed by atoms with van der Waals surface area (Å²) in [5, 5.41) is 1.06. The van der Waals surface area contributed by atoms with Crippen molar-refractivity contribution in [2.24, 2.45) is 0 Å². The SMILES string of the molecule is Nc1nc(-c2ccco2)c2ncn(Cc3ccc4occc4c3)c2n1. The Kier molecular flexibility index (Phi) is 2.87. The molecule has 5 aromatic rings. The van der Waals surface area contributed by atoms with Gasteiger partial charge in [0, 0.05) is 5.39 Å². The van der Waals surface area contributed by atoms with Crippen molar-refractivity contribution in [2.45, 2.75) is 6.54 Å². The highest BCUT2D eigenvalue weighted by molar-refractivity contribution is 5.86. The first-order valence-electron chi connectivity index (χ1n) is 7.76. The summed E-state index contributed by atoms with van der Waals surface area (Å²) in [4.78, 5) is 13.1. The number of furan rings is 2. The van der Waals surface area contributed by atoms with Crippen LogP contribution in [0.2, 0.25) is 0 Å². The number of rotatable bonds is 3. The van der Waals surface area contributed by atoms with Crippen LogP contribution in [0.4, 0.5) is 5.95 Å². The molecule has 5 rings (SSSR count). The number of imidazole rings is 1. The molecule has 122 valence electrons. The van der Waals surface area contributed by atoms with E-state index in [1.165, 1.54) is 0 Å². The Labute approximate surface area is 141 Å². The Morgan fingerprint density at radius 2 is 2.00 bits per heavy atom. The lowest BCUT2D eigenvalue weighted by Gasteiger charge is -2.05. The minimum atomic E-state index is 0.186. The number of anilines is 1. The Morgan fingerprint density at radius 3 is 2.88 bits per heavy atom. The van der Waals surface area contributed by atoms with Gasteiger partial charge in [-0.25, -0.2) is 9.97 Å². The van der Waals surface area contributed by atoms with E-state index in [4.69, 9.17) is 14.6 Å². The molecule has 0 aliphatic carbocycles. The lowest BCUT2D eigenvalue weighted by molar-refractivity contribution is 0.580. The van der Waals surface area contributed by atoms with Crippen molar-refractivity contribution >= 4 is 28.1 Å². The van der Waals surface area contributed by atoms with E-state index in [0.29, 0.717) is 29.2 Å². The first kappa shape index (κ1) is 13.8. The van der Waals surface area contributed by atoms with Gasteiger partial charge in [0.15, 0.2) is 11.4 Å². The van der Waals surface area contributed by atoms with Crippen molar-refractivity contribution in [1.29, 1.82) is 0 Å². The minimum Gasteiger partial charge on any atom is -0.464 e. The molecule has 0 aliphatic rings. The van der Waals surface area contributed by atoms with Gasteiger partial charge in [-0.1, -0.05) is 6.07 Å². The van der Waals surface area contributed by atoms with E-state index in [2.05, 4.69) is 21.0 Å². The maximum absolute atomic E-state index is 5.90. The third kappa shape index (κ3) is 2.25. The zero-order chi connectivity index (χ0) is 16.8. The molecule has 0 amide bonds. The van der Waals surface area contributed by atoms with Gasteiger partial charge in [-0.3, -0.25) is 0 Å². The van der Waals surface area contributed by atoms with Crippen molar-refractivity contribution in [3.63, 3.8) is 0 Å². The summed E-state index contributed by atoms with van der Waals surface area (Å²) < 4.78 is 12.8. The fourth-order valence-corrected chi connectivity index (χ4v) is 2.97. The molecule has 4 aromatic heterocycles. The lowest BCUT2D eigenvalue weighted by Crippen LogP contribution is -2.03. The first-order valence-corrected chi connectivity index (χ1v) is 7.76. The normalized spacial score (nSPS) is 11.5. The molecule has 7 nitrogen and oxygen atoms in total. The third-order valence-electron chi connectivity index (χ3n) is 4.11. The summed E-state index contributed by atoms with van der Waals surface area (Å²) in [5.74, 6) is 0.801. The Morgan fingerprint density at radius 1 is 1.04 bits per heavy atom. The highest BCUT2D eigenvalue weighted by atomic mass is 16.3. The molecule has 0 atom stereocenters. The van der Waals surface area contributed by atoms with Gasteiger partial charge in [0.25, 0.3) is 0 Å². The number of fused-ring (bicyclic) bond motifs is 2. The van der Waals surface area contributed by atoms with E-state index < -0.39 is 0 Å². The quantitative estimate of drug-likeness (QED) is 0.544. The second-order valence-electron chi connectivity index (χ2n) is 5.75. The molecule has 0 bridgehead atoms. The number of nitrogens with zero attached hydrogens (tertiary/aromatic N) is 4. The van der Waals surface area contributed by atoms with Crippen LogP contribution in [0, 0.1) is 0 Å². The smallest absolute Gasteiger partial charge is 0.222 e. The van der Waals surface area contributed by atoms with E-state index in [0.717, 1.165) is 16.5 Å². The van der Waals surface area contributed by atoms with E-state index in [1.807, 2.05) is 28.8 Å². The maximum Gasteiger partial charge on any atom is 0.222 e. The van der Waals surface area contributed by atoms with Gasteiger partial charge >= 0.3 is 0 Å². The van der Waals surface area contributed by atoms with Gasteiger partial charge in [-0.2, -0.15) is 4.98 Å². The van der Waals surface area contributed by atoms with Crippen LogP contribution in [-0.4, -0.2) is 19.5 Å². The number of benzene rings is 1. The zero-order valence-corrected chi connectivity index (χ0v) is 13.1. The average molecular weight is 331 g/mol.